The molecule has 7 nitrogen and oxygen atoms in total. The molecule has 0 aliphatic carbocycles. The minimum atomic E-state index is -0.807. The summed E-state index contributed by atoms with van der Waals surface area (Å²) in [4.78, 5) is 29.6. The number of Topliss-reactive ketones (excluding diaryl/α,β-unsaturated/α-hetero) is 1. The number of likely N-dealkylation sites (tertiary alicyclic amines) is 1. The lowest BCUT2D eigenvalue weighted by atomic mass is 9.93. The van der Waals surface area contributed by atoms with Crippen molar-refractivity contribution in [2.24, 2.45) is 0 Å². The Hall–Kier alpha value is -4.10. The Bertz CT molecular complexity index is 1330. The van der Waals surface area contributed by atoms with E-state index in [0.29, 0.717) is 47.0 Å². The summed E-state index contributed by atoms with van der Waals surface area (Å²) >= 11 is 0. The van der Waals surface area contributed by atoms with Gasteiger partial charge in [0.25, 0.3) is 5.91 Å². The van der Waals surface area contributed by atoms with Gasteiger partial charge in [0.15, 0.2) is 0 Å². The number of quaternary nitrogens is 1. The van der Waals surface area contributed by atoms with Gasteiger partial charge in [-0.3, -0.25) is 9.59 Å². The van der Waals surface area contributed by atoms with E-state index in [-0.39, 0.29) is 5.57 Å². The Morgan fingerprint density at radius 3 is 2.29 bits per heavy atom. The van der Waals surface area contributed by atoms with E-state index < -0.39 is 23.5 Å². The number of hydrogen-bond donors (Lipinski definition) is 1. The predicted molar refractivity (Wildman–Crippen MR) is 144 cm³/mol. The summed E-state index contributed by atoms with van der Waals surface area (Å²) in [6.45, 7) is 8.80. The number of aryl methyl sites for hydroxylation is 1. The fraction of sp³-hybridized carbons (Fsp3) is 0.290. The molecule has 1 fully saturated rings. The van der Waals surface area contributed by atoms with Gasteiger partial charge in [0, 0.05) is 5.57 Å². The number of nitrogens with zero attached hydrogens (tertiary/aromatic N) is 1. The van der Waals surface area contributed by atoms with Crippen LogP contribution in [0.25, 0.3) is 5.76 Å². The van der Waals surface area contributed by atoms with Crippen molar-refractivity contribution in [3.8, 4) is 17.2 Å². The Morgan fingerprint density at radius 1 is 0.921 bits per heavy atom. The SMILES string of the molecule is CC[NH+](CC)CCN1C(=O)C(=O)C(=C([O-])c2ccc(OC)cc2C)C1c1cccc(Oc2ccccc2)c1. The first-order valence-corrected chi connectivity index (χ1v) is 13.0. The normalized spacial score (nSPS) is 16.8. The van der Waals surface area contributed by atoms with Gasteiger partial charge in [-0.2, -0.15) is 0 Å². The summed E-state index contributed by atoms with van der Waals surface area (Å²) in [5.74, 6) is -0.00391. The number of rotatable bonds is 10. The van der Waals surface area contributed by atoms with Crippen molar-refractivity contribution in [2.75, 3.05) is 33.3 Å². The van der Waals surface area contributed by atoms with Crippen molar-refractivity contribution >= 4 is 17.4 Å². The molecule has 1 unspecified atom stereocenters. The van der Waals surface area contributed by atoms with Crippen LogP contribution in [-0.4, -0.2) is 49.9 Å². The van der Waals surface area contributed by atoms with Crippen molar-refractivity contribution in [3.05, 3.63) is 95.1 Å². The molecular weight excluding hydrogens is 480 g/mol. The zero-order chi connectivity index (χ0) is 27.2. The topological polar surface area (TPSA) is 83.3 Å². The number of hydrogen-bond acceptors (Lipinski definition) is 5. The smallest absolute Gasteiger partial charge is 0.295 e. The maximum atomic E-state index is 13.9. The number of nitrogens with one attached hydrogen (secondary N) is 1. The lowest BCUT2D eigenvalue weighted by molar-refractivity contribution is -0.895. The number of benzene rings is 3. The van der Waals surface area contributed by atoms with Gasteiger partial charge in [0.1, 0.15) is 17.2 Å². The average Bonchev–Trinajstić information content (AvgIpc) is 3.19. The van der Waals surface area contributed by atoms with Crippen LogP contribution in [0.15, 0.2) is 78.4 Å². The van der Waals surface area contributed by atoms with Crippen LogP contribution in [0, 0.1) is 6.92 Å². The molecule has 1 amide bonds. The molecule has 198 valence electrons. The van der Waals surface area contributed by atoms with Crippen LogP contribution in [0.2, 0.25) is 0 Å². The fourth-order valence-corrected chi connectivity index (χ4v) is 4.87. The van der Waals surface area contributed by atoms with E-state index in [0.717, 1.165) is 13.1 Å². The average molecular weight is 515 g/mol. The molecule has 0 radical (unpaired) electrons. The molecule has 1 atom stereocenters. The molecule has 0 aromatic heterocycles. The summed E-state index contributed by atoms with van der Waals surface area (Å²) in [5, 5.41) is 13.9. The molecule has 1 N–H and O–H groups in total. The maximum Gasteiger partial charge on any atom is 0.295 e. The Morgan fingerprint density at radius 2 is 1.63 bits per heavy atom. The van der Waals surface area contributed by atoms with Crippen LogP contribution in [-0.2, 0) is 9.59 Å². The molecule has 1 saturated heterocycles. The molecule has 0 bridgehead atoms. The third-order valence-corrected chi connectivity index (χ3v) is 7.07. The van der Waals surface area contributed by atoms with E-state index >= 15 is 0 Å². The zero-order valence-electron chi connectivity index (χ0n) is 22.3. The van der Waals surface area contributed by atoms with E-state index in [4.69, 9.17) is 9.47 Å². The van der Waals surface area contributed by atoms with Crippen LogP contribution < -0.4 is 19.5 Å². The first-order chi connectivity index (χ1) is 18.4. The van der Waals surface area contributed by atoms with Gasteiger partial charge in [-0.15, -0.1) is 0 Å². The molecule has 1 aliphatic rings. The fourth-order valence-electron chi connectivity index (χ4n) is 4.87. The van der Waals surface area contributed by atoms with E-state index in [2.05, 4.69) is 13.8 Å². The maximum absolute atomic E-state index is 13.9. The highest BCUT2D eigenvalue weighted by Gasteiger charge is 2.44. The Labute approximate surface area is 223 Å². The van der Waals surface area contributed by atoms with Crippen LogP contribution in [0.4, 0.5) is 0 Å². The first-order valence-electron chi connectivity index (χ1n) is 13.0. The van der Waals surface area contributed by atoms with E-state index in [1.54, 1.807) is 43.2 Å². The number of likely N-dealkylation sites (N-methyl/N-ethyl adjacent to an activating group) is 1. The Balaban J connectivity index is 1.80. The van der Waals surface area contributed by atoms with Gasteiger partial charge < -0.3 is 24.4 Å². The molecule has 0 saturated carbocycles. The number of methoxy groups -OCH3 is 1. The summed E-state index contributed by atoms with van der Waals surface area (Å²) in [7, 11) is 1.56. The summed E-state index contributed by atoms with van der Waals surface area (Å²) < 4.78 is 11.3. The van der Waals surface area contributed by atoms with E-state index in [1.165, 1.54) is 4.90 Å². The quantitative estimate of drug-likeness (QED) is 0.256. The molecule has 3 aromatic carbocycles. The van der Waals surface area contributed by atoms with Gasteiger partial charge in [-0.1, -0.05) is 42.2 Å². The summed E-state index contributed by atoms with van der Waals surface area (Å²) in [6, 6.07) is 20.9. The second kappa shape index (κ2) is 12.0. The molecular formula is C31H34N2O5. The lowest BCUT2D eigenvalue weighted by Gasteiger charge is -2.29. The van der Waals surface area contributed by atoms with Gasteiger partial charge in [0.2, 0.25) is 5.78 Å². The molecule has 1 aliphatic heterocycles. The molecule has 1 heterocycles. The second-order valence-electron chi connectivity index (χ2n) is 9.35. The Kier molecular flexibility index (Phi) is 8.48. The molecule has 7 heteroatoms. The third-order valence-electron chi connectivity index (χ3n) is 7.07. The van der Waals surface area contributed by atoms with Crippen molar-refractivity contribution in [1.29, 1.82) is 0 Å². The monoisotopic (exact) mass is 514 g/mol. The van der Waals surface area contributed by atoms with Crippen LogP contribution in [0.5, 0.6) is 17.2 Å². The van der Waals surface area contributed by atoms with E-state index in [9.17, 15) is 14.7 Å². The first kappa shape index (κ1) is 26.9. The lowest BCUT2D eigenvalue weighted by Crippen LogP contribution is -3.12. The number of ketones is 1. The highest BCUT2D eigenvalue weighted by Crippen LogP contribution is 2.40. The highest BCUT2D eigenvalue weighted by molar-refractivity contribution is 6.46. The second-order valence-corrected chi connectivity index (χ2v) is 9.35. The van der Waals surface area contributed by atoms with Gasteiger partial charge in [-0.25, -0.2) is 0 Å². The molecule has 0 spiro atoms. The zero-order valence-corrected chi connectivity index (χ0v) is 22.3. The molecule has 3 aromatic rings. The number of para-hydroxylation sites is 1. The minimum absolute atomic E-state index is 0.0327. The van der Waals surface area contributed by atoms with E-state index in [1.807, 2.05) is 48.5 Å². The van der Waals surface area contributed by atoms with Gasteiger partial charge in [0.05, 0.1) is 39.3 Å². The minimum Gasteiger partial charge on any atom is -0.872 e. The number of carbonyl (C=O) groups is 2. The van der Waals surface area contributed by atoms with Crippen molar-refractivity contribution in [1.82, 2.24) is 4.90 Å². The number of ether oxygens (including phenoxy) is 2. The van der Waals surface area contributed by atoms with Gasteiger partial charge in [-0.05, 0) is 73.9 Å². The van der Waals surface area contributed by atoms with Crippen LogP contribution in [0.1, 0.15) is 36.6 Å². The predicted octanol–water partition coefficient (Wildman–Crippen LogP) is 2.94. The van der Waals surface area contributed by atoms with Crippen molar-refractivity contribution in [2.45, 2.75) is 26.8 Å². The third kappa shape index (κ3) is 5.58. The summed E-state index contributed by atoms with van der Waals surface area (Å²) in [6.07, 6.45) is 0. The van der Waals surface area contributed by atoms with Crippen molar-refractivity contribution < 1.29 is 29.1 Å². The molecule has 38 heavy (non-hydrogen) atoms. The standard InChI is InChI=1S/C31H34N2O5/c1-5-32(6-2)17-18-33-28(22-11-10-14-25(20-22)38-23-12-8-7-9-13-23)27(30(35)31(33)36)29(34)26-16-15-24(37-4)19-21(26)3/h7-16,19-20,28,34H,5-6,17-18H2,1-4H3. The van der Waals surface area contributed by atoms with Gasteiger partial charge >= 0.3 is 0 Å². The largest absolute Gasteiger partial charge is 0.872 e. The number of amides is 1. The van der Waals surface area contributed by atoms with Crippen LogP contribution >= 0.6 is 0 Å². The highest BCUT2D eigenvalue weighted by atomic mass is 16.5. The summed E-state index contributed by atoms with van der Waals surface area (Å²) in [5.41, 5.74) is 1.67. The molecule has 4 rings (SSSR count). The number of carbonyl (C=O) groups excluding carboxylic acids is 2. The van der Waals surface area contributed by atoms with Crippen LogP contribution in [0.3, 0.4) is 0 Å². The van der Waals surface area contributed by atoms with Crippen molar-refractivity contribution in [3.63, 3.8) is 0 Å².